The topological polar surface area (TPSA) is 85.3 Å². The molecule has 1 aromatic rings. The number of amides is 1. The van der Waals surface area contributed by atoms with Gasteiger partial charge in [-0.1, -0.05) is 19.3 Å². The summed E-state index contributed by atoms with van der Waals surface area (Å²) in [5, 5.41) is 9.75. The minimum Gasteiger partial charge on any atom is -0.505 e. The monoisotopic (exact) mass is 397 g/mol. The molecule has 0 aliphatic heterocycles. The summed E-state index contributed by atoms with van der Waals surface area (Å²) in [5.74, 6) is -2.84. The zero-order valence-electron chi connectivity index (χ0n) is 16.6. The second kappa shape index (κ2) is 10.4. The number of phenolic OH excluding ortho intramolecular Hbond substituents is 1. The largest absolute Gasteiger partial charge is 0.505 e. The Kier molecular flexibility index (Phi) is 8.19. The second-order valence-corrected chi connectivity index (χ2v) is 6.92. The van der Waals surface area contributed by atoms with Crippen LogP contribution in [0.25, 0.3) is 0 Å². The summed E-state index contributed by atoms with van der Waals surface area (Å²) in [6, 6.07) is 1.39. The Morgan fingerprint density at radius 2 is 1.75 bits per heavy atom. The summed E-state index contributed by atoms with van der Waals surface area (Å²) < 4.78 is 29.5. The maximum absolute atomic E-state index is 14.2. The molecule has 1 aliphatic rings. The third kappa shape index (κ3) is 4.99. The van der Waals surface area contributed by atoms with Crippen LogP contribution in [0, 0.1) is 11.7 Å². The molecule has 0 aromatic heterocycles. The van der Waals surface area contributed by atoms with Gasteiger partial charge in [0, 0.05) is 26.2 Å². The first-order chi connectivity index (χ1) is 13.4. The fraction of sp³-hybridized carbons (Fsp3) is 0.600. The highest BCUT2D eigenvalue weighted by atomic mass is 19.1. The molecule has 0 radical (unpaired) electrons. The number of rotatable bonds is 8. The number of hydrogen-bond acceptors (Lipinski definition) is 6. The molecule has 0 saturated heterocycles. The molecule has 1 fully saturated rings. The van der Waals surface area contributed by atoms with E-state index in [0.29, 0.717) is 0 Å². The van der Waals surface area contributed by atoms with Gasteiger partial charge in [0.25, 0.3) is 0 Å². The normalized spacial score (nSPS) is 14.9. The zero-order valence-corrected chi connectivity index (χ0v) is 16.6. The first kappa shape index (κ1) is 22.1. The van der Waals surface area contributed by atoms with Gasteiger partial charge in [-0.05, 0) is 18.9 Å². The van der Waals surface area contributed by atoms with Gasteiger partial charge in [-0.3, -0.25) is 4.79 Å². The highest BCUT2D eigenvalue weighted by Crippen LogP contribution is 2.34. The third-order valence-electron chi connectivity index (χ3n) is 5.01. The average Bonchev–Trinajstić information content (AvgIpc) is 2.70. The Morgan fingerprint density at radius 1 is 1.14 bits per heavy atom. The number of carbonyl (C=O) groups excluding carboxylic acids is 2. The van der Waals surface area contributed by atoms with Crippen molar-refractivity contribution >= 4 is 17.6 Å². The van der Waals surface area contributed by atoms with Crippen LogP contribution >= 0.6 is 0 Å². The first-order valence-corrected chi connectivity index (χ1v) is 9.36. The Labute approximate surface area is 164 Å². The number of carbonyl (C=O) groups is 2. The summed E-state index contributed by atoms with van der Waals surface area (Å²) in [4.78, 5) is 27.1. The van der Waals surface area contributed by atoms with Crippen molar-refractivity contribution in [2.45, 2.75) is 38.1 Å². The van der Waals surface area contributed by atoms with Gasteiger partial charge in [0.1, 0.15) is 0 Å². The number of esters is 1. The number of hydrogen-bond donors (Lipinski definition) is 1. The van der Waals surface area contributed by atoms with Gasteiger partial charge < -0.3 is 24.2 Å². The molecule has 0 heterocycles. The van der Waals surface area contributed by atoms with E-state index < -0.39 is 23.6 Å². The van der Waals surface area contributed by atoms with Crippen molar-refractivity contribution in [2.24, 2.45) is 5.92 Å². The Morgan fingerprint density at radius 3 is 2.29 bits per heavy atom. The number of benzene rings is 1. The zero-order chi connectivity index (χ0) is 20.7. The molecular weight excluding hydrogens is 369 g/mol. The third-order valence-corrected chi connectivity index (χ3v) is 5.01. The summed E-state index contributed by atoms with van der Waals surface area (Å²) in [5.41, 5.74) is -0.0559. The number of nitrogens with zero attached hydrogens (tertiary/aromatic N) is 1. The number of halogens is 1. The maximum Gasteiger partial charge on any atom is 0.340 e. The van der Waals surface area contributed by atoms with E-state index >= 15 is 0 Å². The maximum atomic E-state index is 14.2. The van der Waals surface area contributed by atoms with E-state index in [1.807, 2.05) is 0 Å². The molecule has 0 atom stereocenters. The van der Waals surface area contributed by atoms with Gasteiger partial charge >= 0.3 is 5.97 Å². The van der Waals surface area contributed by atoms with Gasteiger partial charge in [-0.15, -0.1) is 0 Å². The highest BCUT2D eigenvalue weighted by Gasteiger charge is 2.35. The van der Waals surface area contributed by atoms with E-state index in [2.05, 4.69) is 0 Å². The average molecular weight is 397 g/mol. The molecular formula is C20H28FNO6. The Bertz CT molecular complexity index is 684. The van der Waals surface area contributed by atoms with E-state index in [1.54, 1.807) is 0 Å². The minimum atomic E-state index is -0.933. The van der Waals surface area contributed by atoms with Crippen molar-refractivity contribution in [1.82, 2.24) is 0 Å². The predicted octanol–water partition coefficient (Wildman–Crippen LogP) is 2.89. The van der Waals surface area contributed by atoms with Crippen LogP contribution < -0.4 is 4.90 Å². The van der Waals surface area contributed by atoms with Crippen LogP contribution in [-0.2, 0) is 19.0 Å². The Hall–Kier alpha value is -2.19. The van der Waals surface area contributed by atoms with Crippen molar-refractivity contribution in [3.05, 3.63) is 23.5 Å². The number of ether oxygens (including phenoxy) is 3. The molecule has 1 aliphatic carbocycles. The number of aromatic hydroxyl groups is 1. The molecule has 1 saturated carbocycles. The molecule has 28 heavy (non-hydrogen) atoms. The van der Waals surface area contributed by atoms with Crippen LogP contribution in [0.15, 0.2) is 12.1 Å². The molecule has 7 nitrogen and oxygen atoms in total. The van der Waals surface area contributed by atoms with Crippen LogP contribution in [0.3, 0.4) is 0 Å². The lowest BCUT2D eigenvalue weighted by atomic mass is 9.87. The van der Waals surface area contributed by atoms with Crippen molar-refractivity contribution in [2.75, 3.05) is 39.4 Å². The van der Waals surface area contributed by atoms with Crippen LogP contribution in [-0.4, -0.2) is 57.6 Å². The predicted molar refractivity (Wildman–Crippen MR) is 101 cm³/mol. The standard InChI is InChI=1S/C20H28FNO6/c1-26-11-14(12-27-2)22(19(24)13-7-5-4-6-8-13)17-10-16(21)18(23)9-15(17)20(25)28-3/h9-10,13-14,23H,4-8,11-12H2,1-3H3. The van der Waals surface area contributed by atoms with E-state index in [1.165, 1.54) is 26.2 Å². The molecule has 156 valence electrons. The summed E-state index contributed by atoms with van der Waals surface area (Å²) in [6.07, 6.45) is 4.42. The van der Waals surface area contributed by atoms with Crippen molar-refractivity contribution in [3.63, 3.8) is 0 Å². The SMILES string of the molecule is COCC(COC)N(C(=O)C1CCCCC1)c1cc(F)c(O)cc1C(=O)OC. The fourth-order valence-corrected chi connectivity index (χ4v) is 3.65. The molecule has 2 rings (SSSR count). The summed E-state index contributed by atoms with van der Waals surface area (Å²) >= 11 is 0. The smallest absolute Gasteiger partial charge is 0.340 e. The van der Waals surface area contributed by atoms with Crippen LogP contribution in [0.2, 0.25) is 0 Å². The van der Waals surface area contributed by atoms with Gasteiger partial charge in [0.05, 0.1) is 37.6 Å². The van der Waals surface area contributed by atoms with Crippen LogP contribution in [0.1, 0.15) is 42.5 Å². The molecule has 1 amide bonds. The quantitative estimate of drug-likeness (QED) is 0.679. The van der Waals surface area contributed by atoms with Crippen LogP contribution in [0.5, 0.6) is 5.75 Å². The van der Waals surface area contributed by atoms with E-state index in [-0.39, 0.29) is 36.3 Å². The lowest BCUT2D eigenvalue weighted by Crippen LogP contribution is -2.49. The molecule has 0 unspecified atom stereocenters. The first-order valence-electron chi connectivity index (χ1n) is 9.36. The van der Waals surface area contributed by atoms with E-state index in [9.17, 15) is 19.1 Å². The minimum absolute atomic E-state index is 0.0387. The second-order valence-electron chi connectivity index (χ2n) is 6.92. The Balaban J connectivity index is 2.58. The lowest BCUT2D eigenvalue weighted by Gasteiger charge is -2.35. The highest BCUT2D eigenvalue weighted by molar-refractivity contribution is 6.04. The number of methoxy groups -OCH3 is 3. The lowest BCUT2D eigenvalue weighted by molar-refractivity contribution is -0.124. The van der Waals surface area contributed by atoms with Gasteiger partial charge in [0.15, 0.2) is 11.6 Å². The van der Waals surface area contributed by atoms with Crippen LogP contribution in [0.4, 0.5) is 10.1 Å². The van der Waals surface area contributed by atoms with Gasteiger partial charge in [-0.25, -0.2) is 9.18 Å². The van der Waals surface area contributed by atoms with Crippen molar-refractivity contribution < 1.29 is 33.3 Å². The summed E-state index contributed by atoms with van der Waals surface area (Å²) in [7, 11) is 4.16. The van der Waals surface area contributed by atoms with Gasteiger partial charge in [-0.2, -0.15) is 0 Å². The van der Waals surface area contributed by atoms with Gasteiger partial charge in [0.2, 0.25) is 5.91 Å². The van der Waals surface area contributed by atoms with Crippen molar-refractivity contribution in [1.29, 1.82) is 0 Å². The molecule has 1 aromatic carbocycles. The fourth-order valence-electron chi connectivity index (χ4n) is 3.65. The molecule has 0 bridgehead atoms. The number of anilines is 1. The molecule has 8 heteroatoms. The molecule has 0 spiro atoms. The van der Waals surface area contributed by atoms with E-state index in [4.69, 9.17) is 14.2 Å². The number of phenols is 1. The summed E-state index contributed by atoms with van der Waals surface area (Å²) in [6.45, 7) is 0.269. The van der Waals surface area contributed by atoms with Crippen molar-refractivity contribution in [3.8, 4) is 5.75 Å². The van der Waals surface area contributed by atoms with E-state index in [0.717, 1.165) is 44.2 Å². The molecule has 1 N–H and O–H groups in total.